The number of alkyl halides is 3. The van der Waals surface area contributed by atoms with Crippen molar-refractivity contribution in [3.8, 4) is 11.1 Å². The van der Waals surface area contributed by atoms with Crippen molar-refractivity contribution in [1.82, 2.24) is 4.98 Å². The van der Waals surface area contributed by atoms with Gasteiger partial charge in [-0.15, -0.1) is 0 Å². The molecule has 0 atom stereocenters. The summed E-state index contributed by atoms with van der Waals surface area (Å²) in [6.45, 7) is 0. The molecule has 98 valence electrons. The number of nitrogens with zero attached hydrogens (tertiary/aromatic N) is 1. The van der Waals surface area contributed by atoms with Gasteiger partial charge in [0.1, 0.15) is 5.69 Å². The van der Waals surface area contributed by atoms with Gasteiger partial charge in [0.25, 0.3) is 0 Å². The van der Waals surface area contributed by atoms with E-state index >= 15 is 0 Å². The highest BCUT2D eigenvalue weighted by atomic mass is 35.5. The van der Waals surface area contributed by atoms with Gasteiger partial charge in [0.2, 0.25) is 0 Å². The second-order valence-electron chi connectivity index (χ2n) is 3.78. The smallest absolute Gasteiger partial charge is 0.298 e. The van der Waals surface area contributed by atoms with Crippen LogP contribution in [0.2, 0.25) is 5.02 Å². The number of rotatable bonds is 2. The maximum Gasteiger partial charge on any atom is 0.433 e. The minimum Gasteiger partial charge on any atom is -0.298 e. The van der Waals surface area contributed by atoms with Crippen molar-refractivity contribution in [3.63, 3.8) is 0 Å². The van der Waals surface area contributed by atoms with Crippen LogP contribution in [0.4, 0.5) is 13.2 Å². The van der Waals surface area contributed by atoms with E-state index in [0.717, 1.165) is 12.3 Å². The fourth-order valence-corrected chi connectivity index (χ4v) is 1.80. The van der Waals surface area contributed by atoms with E-state index in [1.807, 2.05) is 0 Å². The SMILES string of the molecule is O=Cc1cc(Cl)ccc1-c1ccc(C(F)(F)F)nc1. The van der Waals surface area contributed by atoms with Gasteiger partial charge in [0, 0.05) is 22.3 Å². The third-order valence-electron chi connectivity index (χ3n) is 2.51. The molecule has 1 heterocycles. The molecule has 2 rings (SSSR count). The summed E-state index contributed by atoms with van der Waals surface area (Å²) >= 11 is 5.74. The van der Waals surface area contributed by atoms with E-state index in [1.54, 1.807) is 12.1 Å². The highest BCUT2D eigenvalue weighted by Crippen LogP contribution is 2.30. The van der Waals surface area contributed by atoms with Gasteiger partial charge in [-0.2, -0.15) is 13.2 Å². The third kappa shape index (κ3) is 2.93. The Labute approximate surface area is 111 Å². The molecule has 0 aliphatic heterocycles. The predicted molar refractivity (Wildman–Crippen MR) is 65.1 cm³/mol. The number of aldehydes is 1. The Bertz CT molecular complexity index is 608. The number of hydrogen-bond donors (Lipinski definition) is 0. The molecule has 0 bridgehead atoms. The standard InChI is InChI=1S/C13H7ClF3NO/c14-10-2-3-11(9(5-10)7-19)8-1-4-12(18-6-8)13(15,16)17/h1-7H. The van der Waals surface area contributed by atoms with E-state index in [1.165, 1.54) is 12.1 Å². The number of carbonyl (C=O) groups is 1. The van der Waals surface area contributed by atoms with Crippen molar-refractivity contribution in [2.45, 2.75) is 6.18 Å². The van der Waals surface area contributed by atoms with E-state index in [-0.39, 0.29) is 0 Å². The summed E-state index contributed by atoms with van der Waals surface area (Å²) in [7, 11) is 0. The van der Waals surface area contributed by atoms with Gasteiger partial charge in [-0.05, 0) is 23.8 Å². The van der Waals surface area contributed by atoms with E-state index in [0.29, 0.717) is 28.0 Å². The predicted octanol–water partition coefficient (Wildman–Crippen LogP) is 4.23. The maximum atomic E-state index is 12.4. The molecule has 2 aromatic rings. The van der Waals surface area contributed by atoms with Gasteiger partial charge in [-0.3, -0.25) is 9.78 Å². The summed E-state index contributed by atoms with van der Waals surface area (Å²) < 4.78 is 37.2. The Balaban J connectivity index is 2.46. The number of benzene rings is 1. The van der Waals surface area contributed by atoms with Crippen LogP contribution < -0.4 is 0 Å². The van der Waals surface area contributed by atoms with Crippen LogP contribution in [0.25, 0.3) is 11.1 Å². The van der Waals surface area contributed by atoms with E-state index in [2.05, 4.69) is 4.98 Å². The first kappa shape index (κ1) is 13.5. The number of carbonyl (C=O) groups excluding carboxylic acids is 1. The van der Waals surface area contributed by atoms with Crippen molar-refractivity contribution in [3.05, 3.63) is 52.8 Å². The first-order chi connectivity index (χ1) is 8.91. The fourth-order valence-electron chi connectivity index (χ4n) is 1.61. The molecule has 2 nitrogen and oxygen atoms in total. The monoisotopic (exact) mass is 285 g/mol. The van der Waals surface area contributed by atoms with Gasteiger partial charge in [-0.25, -0.2) is 0 Å². The van der Waals surface area contributed by atoms with Gasteiger partial charge in [0.05, 0.1) is 0 Å². The summed E-state index contributed by atoms with van der Waals surface area (Å²) in [5.74, 6) is 0. The van der Waals surface area contributed by atoms with Crippen LogP contribution in [0.3, 0.4) is 0 Å². The lowest BCUT2D eigenvalue weighted by atomic mass is 10.0. The Hall–Kier alpha value is -1.88. The Morgan fingerprint density at radius 3 is 2.42 bits per heavy atom. The molecule has 0 fully saturated rings. The molecule has 6 heteroatoms. The van der Waals surface area contributed by atoms with Crippen LogP contribution in [0.1, 0.15) is 16.1 Å². The summed E-state index contributed by atoms with van der Waals surface area (Å²) in [5.41, 5.74) is 0.235. The molecular formula is C13H7ClF3NO. The van der Waals surface area contributed by atoms with Crippen LogP contribution in [0.5, 0.6) is 0 Å². The largest absolute Gasteiger partial charge is 0.433 e. The zero-order chi connectivity index (χ0) is 14.0. The lowest BCUT2D eigenvalue weighted by Gasteiger charge is -2.08. The number of halogens is 4. The van der Waals surface area contributed by atoms with Crippen molar-refractivity contribution in [2.24, 2.45) is 0 Å². The maximum absolute atomic E-state index is 12.4. The summed E-state index contributed by atoms with van der Waals surface area (Å²) in [4.78, 5) is 14.3. The molecule has 0 spiro atoms. The average molecular weight is 286 g/mol. The van der Waals surface area contributed by atoms with E-state index < -0.39 is 11.9 Å². The lowest BCUT2D eigenvalue weighted by Crippen LogP contribution is -2.07. The molecule has 0 radical (unpaired) electrons. The van der Waals surface area contributed by atoms with Crippen LogP contribution in [-0.2, 0) is 6.18 Å². The summed E-state index contributed by atoms with van der Waals surface area (Å²) in [6.07, 6.45) is -2.80. The molecule has 0 aliphatic rings. The van der Waals surface area contributed by atoms with Crippen LogP contribution in [0, 0.1) is 0 Å². The molecule has 1 aromatic heterocycles. The van der Waals surface area contributed by atoms with Crippen LogP contribution >= 0.6 is 11.6 Å². The van der Waals surface area contributed by atoms with Crippen molar-refractivity contribution in [1.29, 1.82) is 0 Å². The topological polar surface area (TPSA) is 30.0 Å². The van der Waals surface area contributed by atoms with Gasteiger partial charge < -0.3 is 0 Å². The molecule has 0 amide bonds. The second kappa shape index (κ2) is 5.01. The number of pyridine rings is 1. The van der Waals surface area contributed by atoms with Crippen molar-refractivity contribution >= 4 is 17.9 Å². The number of hydrogen-bond acceptors (Lipinski definition) is 2. The zero-order valence-electron chi connectivity index (χ0n) is 9.41. The first-order valence-corrected chi connectivity index (χ1v) is 5.58. The summed E-state index contributed by atoms with van der Waals surface area (Å²) in [5, 5.41) is 0.380. The summed E-state index contributed by atoms with van der Waals surface area (Å²) in [6, 6.07) is 6.71. The third-order valence-corrected chi connectivity index (χ3v) is 2.74. The molecule has 1 aromatic carbocycles. The van der Waals surface area contributed by atoms with Crippen LogP contribution in [-0.4, -0.2) is 11.3 Å². The van der Waals surface area contributed by atoms with Gasteiger partial charge in [-0.1, -0.05) is 23.7 Å². The Morgan fingerprint density at radius 2 is 1.89 bits per heavy atom. The lowest BCUT2D eigenvalue weighted by molar-refractivity contribution is -0.141. The molecule has 19 heavy (non-hydrogen) atoms. The fraction of sp³-hybridized carbons (Fsp3) is 0.0769. The van der Waals surface area contributed by atoms with Crippen molar-refractivity contribution in [2.75, 3.05) is 0 Å². The molecule has 0 saturated heterocycles. The quantitative estimate of drug-likeness (QED) is 0.773. The van der Waals surface area contributed by atoms with Gasteiger partial charge >= 0.3 is 6.18 Å². The number of aromatic nitrogens is 1. The zero-order valence-corrected chi connectivity index (χ0v) is 10.2. The molecule has 0 unspecified atom stereocenters. The minimum absolute atomic E-state index is 0.300. The highest BCUT2D eigenvalue weighted by Gasteiger charge is 2.32. The normalized spacial score (nSPS) is 11.4. The van der Waals surface area contributed by atoms with Crippen LogP contribution in [0.15, 0.2) is 36.5 Å². The highest BCUT2D eigenvalue weighted by molar-refractivity contribution is 6.31. The Morgan fingerprint density at radius 1 is 1.16 bits per heavy atom. The second-order valence-corrected chi connectivity index (χ2v) is 4.22. The van der Waals surface area contributed by atoms with E-state index in [9.17, 15) is 18.0 Å². The average Bonchev–Trinajstić information content (AvgIpc) is 2.37. The van der Waals surface area contributed by atoms with Gasteiger partial charge in [0.15, 0.2) is 6.29 Å². The van der Waals surface area contributed by atoms with E-state index in [4.69, 9.17) is 11.6 Å². The molecule has 0 aliphatic carbocycles. The first-order valence-electron chi connectivity index (χ1n) is 5.20. The van der Waals surface area contributed by atoms with Crippen molar-refractivity contribution < 1.29 is 18.0 Å². The Kier molecular flexibility index (Phi) is 3.57. The molecule has 0 N–H and O–H groups in total. The molecule has 0 saturated carbocycles. The minimum atomic E-state index is -4.48. The molecular weight excluding hydrogens is 279 g/mol.